The number of sulfonamides is 1. The zero-order valence-electron chi connectivity index (χ0n) is 18.9. The number of nitrogens with one attached hydrogen (secondary N) is 2. The van der Waals surface area contributed by atoms with Gasteiger partial charge in [0.1, 0.15) is 17.6 Å². The van der Waals surface area contributed by atoms with Gasteiger partial charge in [-0.1, -0.05) is 54.7 Å². The van der Waals surface area contributed by atoms with Gasteiger partial charge in [-0.05, 0) is 61.7 Å². The van der Waals surface area contributed by atoms with E-state index in [9.17, 15) is 13.2 Å². The van der Waals surface area contributed by atoms with Crippen molar-refractivity contribution in [1.82, 2.24) is 10.1 Å². The number of carbonyl (C=O) groups excluding carboxylic acids is 1. The highest BCUT2D eigenvalue weighted by Crippen LogP contribution is 2.29. The SMILES string of the molecule is Cc1ccc(S(=O)(=O)N[C@@H](CC(C)C)C(=O)N/N=C\c2ccc(-c3ccc(Cl)c(Cl)c3)o2)cc1. The summed E-state index contributed by atoms with van der Waals surface area (Å²) in [5, 5.41) is 4.77. The van der Waals surface area contributed by atoms with E-state index in [1.165, 1.54) is 18.3 Å². The molecule has 1 aromatic heterocycles. The van der Waals surface area contributed by atoms with E-state index < -0.39 is 22.0 Å². The predicted molar refractivity (Wildman–Crippen MR) is 135 cm³/mol. The van der Waals surface area contributed by atoms with Crippen LogP contribution < -0.4 is 10.1 Å². The van der Waals surface area contributed by atoms with Gasteiger partial charge in [0.2, 0.25) is 10.0 Å². The molecule has 2 N–H and O–H groups in total. The third-order valence-electron chi connectivity index (χ3n) is 4.85. The van der Waals surface area contributed by atoms with Crippen LogP contribution in [0.3, 0.4) is 0 Å². The van der Waals surface area contributed by atoms with Gasteiger partial charge in [0.15, 0.2) is 0 Å². The lowest BCUT2D eigenvalue weighted by Crippen LogP contribution is -2.46. The molecule has 3 rings (SSSR count). The monoisotopic (exact) mass is 521 g/mol. The molecule has 10 heteroatoms. The van der Waals surface area contributed by atoms with Crippen molar-refractivity contribution in [3.05, 3.63) is 76.0 Å². The molecule has 0 bridgehead atoms. The van der Waals surface area contributed by atoms with Crippen LogP contribution in [0.25, 0.3) is 11.3 Å². The highest BCUT2D eigenvalue weighted by atomic mass is 35.5. The maximum Gasteiger partial charge on any atom is 0.258 e. The average Bonchev–Trinajstić information content (AvgIpc) is 3.24. The molecule has 2 aromatic carbocycles. The van der Waals surface area contributed by atoms with E-state index in [0.29, 0.717) is 28.0 Å². The maximum atomic E-state index is 12.8. The summed E-state index contributed by atoms with van der Waals surface area (Å²) in [7, 11) is -3.88. The minimum absolute atomic E-state index is 0.0688. The maximum absolute atomic E-state index is 12.8. The number of aryl methyl sites for hydroxylation is 1. The molecule has 1 atom stereocenters. The lowest BCUT2D eigenvalue weighted by Gasteiger charge is -2.19. The van der Waals surface area contributed by atoms with Gasteiger partial charge in [-0.2, -0.15) is 9.82 Å². The van der Waals surface area contributed by atoms with Gasteiger partial charge < -0.3 is 4.42 Å². The Morgan fingerprint density at radius 3 is 2.41 bits per heavy atom. The van der Waals surface area contributed by atoms with Gasteiger partial charge in [-0.15, -0.1) is 0 Å². The van der Waals surface area contributed by atoms with Gasteiger partial charge in [0.25, 0.3) is 5.91 Å². The number of hydrazone groups is 1. The number of carbonyl (C=O) groups is 1. The van der Waals surface area contributed by atoms with Crippen molar-refractivity contribution in [2.45, 2.75) is 38.1 Å². The average molecular weight is 522 g/mol. The number of furan rings is 1. The Kier molecular flexibility index (Phi) is 8.54. The molecule has 0 aliphatic rings. The predicted octanol–water partition coefficient (Wildman–Crippen LogP) is 5.41. The first-order valence-electron chi connectivity index (χ1n) is 10.5. The number of halogens is 2. The smallest absolute Gasteiger partial charge is 0.258 e. The van der Waals surface area contributed by atoms with Crippen LogP contribution in [0.2, 0.25) is 10.0 Å². The van der Waals surface area contributed by atoms with Gasteiger partial charge in [-0.25, -0.2) is 13.8 Å². The fourth-order valence-electron chi connectivity index (χ4n) is 3.12. The number of nitrogens with zero attached hydrogens (tertiary/aromatic N) is 1. The lowest BCUT2D eigenvalue weighted by atomic mass is 10.0. The first-order valence-corrected chi connectivity index (χ1v) is 12.8. The van der Waals surface area contributed by atoms with Gasteiger partial charge in [0.05, 0.1) is 21.2 Å². The summed E-state index contributed by atoms with van der Waals surface area (Å²) in [5.41, 5.74) is 4.06. The van der Waals surface area contributed by atoms with E-state index in [1.54, 1.807) is 42.5 Å². The molecule has 0 fully saturated rings. The second-order valence-corrected chi connectivity index (χ2v) is 10.7. The minimum atomic E-state index is -3.88. The van der Waals surface area contributed by atoms with Crippen LogP contribution in [-0.2, 0) is 14.8 Å². The molecule has 0 aliphatic heterocycles. The topological polar surface area (TPSA) is 101 Å². The summed E-state index contributed by atoms with van der Waals surface area (Å²) >= 11 is 12.0. The summed E-state index contributed by atoms with van der Waals surface area (Å²) in [6, 6.07) is 13.9. The first kappa shape index (κ1) is 26.0. The molecule has 7 nitrogen and oxygen atoms in total. The van der Waals surface area contributed by atoms with Gasteiger partial charge in [-0.3, -0.25) is 4.79 Å². The summed E-state index contributed by atoms with van der Waals surface area (Å²) in [4.78, 5) is 12.8. The van der Waals surface area contributed by atoms with Crippen molar-refractivity contribution in [3.63, 3.8) is 0 Å². The Morgan fingerprint density at radius 2 is 1.76 bits per heavy atom. The van der Waals surface area contributed by atoms with Crippen molar-refractivity contribution in [2.24, 2.45) is 11.0 Å². The van der Waals surface area contributed by atoms with Crippen molar-refractivity contribution in [2.75, 3.05) is 0 Å². The molecular weight excluding hydrogens is 497 g/mol. The van der Waals surface area contributed by atoms with Crippen LogP contribution in [0.15, 0.2) is 69.0 Å². The van der Waals surface area contributed by atoms with Crippen LogP contribution >= 0.6 is 23.2 Å². The lowest BCUT2D eigenvalue weighted by molar-refractivity contribution is -0.123. The molecule has 0 radical (unpaired) electrons. The molecule has 180 valence electrons. The molecule has 0 saturated heterocycles. The number of amides is 1. The standard InChI is InChI=1S/C24H25Cl2N3O4S/c1-15(2)12-22(29-34(31,32)19-8-4-16(3)5-9-19)24(30)28-27-14-18-7-11-23(33-18)17-6-10-20(25)21(26)13-17/h4-11,13-15,22,29H,12H2,1-3H3,(H,28,30)/b27-14-/t22-/m0/s1. The van der Waals surface area contributed by atoms with Crippen LogP contribution in [0.4, 0.5) is 0 Å². The molecule has 1 amide bonds. The number of benzene rings is 2. The van der Waals surface area contributed by atoms with Crippen LogP contribution in [0, 0.1) is 12.8 Å². The third kappa shape index (κ3) is 6.93. The van der Waals surface area contributed by atoms with Crippen LogP contribution in [0.1, 0.15) is 31.6 Å². The normalized spacial score (nSPS) is 12.9. The Bertz CT molecular complexity index is 1290. The Balaban J connectivity index is 1.68. The fraction of sp³-hybridized carbons (Fsp3) is 0.250. The second-order valence-electron chi connectivity index (χ2n) is 8.18. The zero-order valence-corrected chi connectivity index (χ0v) is 21.2. The van der Waals surface area contributed by atoms with E-state index in [2.05, 4.69) is 15.2 Å². The molecule has 3 aromatic rings. The van der Waals surface area contributed by atoms with Crippen molar-refractivity contribution in [3.8, 4) is 11.3 Å². The summed E-state index contributed by atoms with van der Waals surface area (Å²) in [5.74, 6) is 0.438. The highest BCUT2D eigenvalue weighted by Gasteiger charge is 2.26. The molecule has 0 saturated carbocycles. The Hall–Kier alpha value is -2.65. The first-order chi connectivity index (χ1) is 16.0. The molecule has 34 heavy (non-hydrogen) atoms. The number of hydrogen-bond acceptors (Lipinski definition) is 5. The quantitative estimate of drug-likeness (QED) is 0.290. The van der Waals surface area contributed by atoms with Crippen LogP contribution in [0.5, 0.6) is 0 Å². The number of hydrogen-bond donors (Lipinski definition) is 2. The van der Waals surface area contributed by atoms with Gasteiger partial charge >= 0.3 is 0 Å². The van der Waals surface area contributed by atoms with Crippen molar-refractivity contribution in [1.29, 1.82) is 0 Å². The van der Waals surface area contributed by atoms with E-state index in [1.807, 2.05) is 20.8 Å². The summed E-state index contributed by atoms with van der Waals surface area (Å²) in [6.07, 6.45) is 1.63. The molecule has 0 spiro atoms. The van der Waals surface area contributed by atoms with E-state index in [4.69, 9.17) is 27.6 Å². The van der Waals surface area contributed by atoms with E-state index in [0.717, 1.165) is 11.1 Å². The third-order valence-corrected chi connectivity index (χ3v) is 7.08. The molecule has 1 heterocycles. The van der Waals surface area contributed by atoms with Crippen molar-refractivity contribution >= 4 is 45.3 Å². The fourth-order valence-corrected chi connectivity index (χ4v) is 4.62. The summed E-state index contributed by atoms with van der Waals surface area (Å²) in [6.45, 7) is 5.66. The molecular formula is C24H25Cl2N3O4S. The summed E-state index contributed by atoms with van der Waals surface area (Å²) < 4.78 is 33.7. The molecule has 0 unspecified atom stereocenters. The van der Waals surface area contributed by atoms with E-state index in [-0.39, 0.29) is 10.8 Å². The molecule has 0 aliphatic carbocycles. The minimum Gasteiger partial charge on any atom is -0.455 e. The second kappa shape index (κ2) is 11.2. The van der Waals surface area contributed by atoms with Gasteiger partial charge in [0, 0.05) is 5.56 Å². The van der Waals surface area contributed by atoms with Crippen LogP contribution in [-0.4, -0.2) is 26.6 Å². The van der Waals surface area contributed by atoms with Crippen molar-refractivity contribution < 1.29 is 17.6 Å². The number of rotatable bonds is 9. The largest absolute Gasteiger partial charge is 0.455 e. The Morgan fingerprint density at radius 1 is 1.06 bits per heavy atom. The Labute approximate surface area is 209 Å². The zero-order chi connectivity index (χ0) is 24.9. The highest BCUT2D eigenvalue weighted by molar-refractivity contribution is 7.89. The van der Waals surface area contributed by atoms with E-state index >= 15 is 0 Å².